The second-order valence-electron chi connectivity index (χ2n) is 6.09. The number of pyridine rings is 2. The van der Waals surface area contributed by atoms with Gasteiger partial charge in [-0.3, -0.25) is 4.79 Å². The first kappa shape index (κ1) is 17.1. The van der Waals surface area contributed by atoms with Crippen molar-refractivity contribution in [3.05, 3.63) is 64.6 Å². The van der Waals surface area contributed by atoms with Crippen LogP contribution in [0.3, 0.4) is 0 Å². The minimum Gasteiger partial charge on any atom is -0.481 e. The van der Waals surface area contributed by atoms with Crippen molar-refractivity contribution in [1.29, 1.82) is 0 Å². The van der Waals surface area contributed by atoms with Crippen molar-refractivity contribution < 1.29 is 17.9 Å². The van der Waals surface area contributed by atoms with Crippen molar-refractivity contribution in [3.8, 4) is 17.0 Å². The lowest BCUT2D eigenvalue weighted by Gasteiger charge is -2.12. The molecule has 27 heavy (non-hydrogen) atoms. The summed E-state index contributed by atoms with van der Waals surface area (Å²) < 4.78 is 47.3. The number of methoxy groups -OCH3 is 1. The molecule has 0 radical (unpaired) electrons. The average molecular weight is 373 g/mol. The third-order valence-corrected chi connectivity index (χ3v) is 4.53. The van der Waals surface area contributed by atoms with Gasteiger partial charge in [0.15, 0.2) is 5.69 Å². The fourth-order valence-corrected chi connectivity index (χ4v) is 3.21. The number of rotatable bonds is 2. The topological polar surface area (TPSA) is 48.5 Å². The summed E-state index contributed by atoms with van der Waals surface area (Å²) in [5.41, 5.74) is 0.613. The summed E-state index contributed by atoms with van der Waals surface area (Å²) in [7, 11) is 3.01. The van der Waals surface area contributed by atoms with E-state index in [1.165, 1.54) is 23.8 Å². The highest BCUT2D eigenvalue weighted by molar-refractivity contribution is 5.98. The third kappa shape index (κ3) is 2.64. The number of halogens is 3. The first-order valence-corrected chi connectivity index (χ1v) is 8.04. The van der Waals surface area contributed by atoms with Gasteiger partial charge in [0.25, 0.3) is 5.56 Å². The van der Waals surface area contributed by atoms with Crippen LogP contribution in [-0.2, 0) is 13.2 Å². The van der Waals surface area contributed by atoms with E-state index in [0.717, 1.165) is 16.0 Å². The molecule has 0 unspecified atom stereocenters. The van der Waals surface area contributed by atoms with Gasteiger partial charge in [-0.05, 0) is 23.8 Å². The van der Waals surface area contributed by atoms with E-state index in [1.54, 1.807) is 25.2 Å². The highest BCUT2D eigenvalue weighted by Crippen LogP contribution is 2.36. The Morgan fingerprint density at radius 3 is 2.44 bits per heavy atom. The van der Waals surface area contributed by atoms with Crippen LogP contribution in [-0.4, -0.2) is 21.3 Å². The Labute approximate surface area is 151 Å². The van der Waals surface area contributed by atoms with Crippen LogP contribution < -0.4 is 10.3 Å². The lowest BCUT2D eigenvalue weighted by Crippen LogP contribution is -2.16. The van der Waals surface area contributed by atoms with Crippen LogP contribution >= 0.6 is 0 Å². The standard InChI is InChI=1S/C19H14F3N3O2/c1-24-14-6-4-3-5-11(14)13(9-17(24)26)12-7-8-18(27-2)25-15(12)10-16(23-25)19(20,21)22/h3-10H,1-2H3. The maximum Gasteiger partial charge on any atom is 0.435 e. The van der Waals surface area contributed by atoms with Gasteiger partial charge >= 0.3 is 6.18 Å². The summed E-state index contributed by atoms with van der Waals surface area (Å²) in [6, 6.07) is 12.8. The Hall–Kier alpha value is -3.29. The first-order chi connectivity index (χ1) is 12.8. The third-order valence-electron chi connectivity index (χ3n) is 4.53. The van der Waals surface area contributed by atoms with Gasteiger partial charge in [0.2, 0.25) is 5.88 Å². The Morgan fingerprint density at radius 2 is 1.74 bits per heavy atom. The van der Waals surface area contributed by atoms with Gasteiger partial charge in [0, 0.05) is 30.1 Å². The van der Waals surface area contributed by atoms with Crippen molar-refractivity contribution in [2.24, 2.45) is 7.05 Å². The van der Waals surface area contributed by atoms with E-state index in [1.807, 2.05) is 12.1 Å². The van der Waals surface area contributed by atoms with E-state index in [2.05, 4.69) is 5.10 Å². The lowest BCUT2D eigenvalue weighted by molar-refractivity contribution is -0.141. The molecular weight excluding hydrogens is 359 g/mol. The van der Waals surface area contributed by atoms with Gasteiger partial charge in [0.05, 0.1) is 18.1 Å². The molecule has 0 amide bonds. The number of aryl methyl sites for hydroxylation is 1. The maximum absolute atomic E-state index is 13.2. The van der Waals surface area contributed by atoms with E-state index in [4.69, 9.17) is 4.74 Å². The molecule has 0 saturated carbocycles. The smallest absolute Gasteiger partial charge is 0.435 e. The molecule has 0 saturated heterocycles. The molecule has 138 valence electrons. The normalized spacial score (nSPS) is 12.0. The zero-order chi connectivity index (χ0) is 19.3. The molecule has 3 heterocycles. The number of hydrogen-bond donors (Lipinski definition) is 0. The van der Waals surface area contributed by atoms with Gasteiger partial charge in [-0.1, -0.05) is 18.2 Å². The van der Waals surface area contributed by atoms with Crippen LogP contribution in [0.2, 0.25) is 0 Å². The van der Waals surface area contributed by atoms with Crippen LogP contribution in [0.25, 0.3) is 27.5 Å². The van der Waals surface area contributed by atoms with E-state index < -0.39 is 11.9 Å². The molecular formula is C19H14F3N3O2. The number of para-hydroxylation sites is 1. The van der Waals surface area contributed by atoms with Gasteiger partial charge in [-0.2, -0.15) is 22.8 Å². The molecule has 0 aliphatic carbocycles. The van der Waals surface area contributed by atoms with Crippen LogP contribution in [0.1, 0.15) is 5.69 Å². The fourth-order valence-electron chi connectivity index (χ4n) is 3.21. The monoisotopic (exact) mass is 373 g/mol. The van der Waals surface area contributed by atoms with Crippen molar-refractivity contribution in [2.45, 2.75) is 6.18 Å². The minimum absolute atomic E-state index is 0.164. The summed E-state index contributed by atoms with van der Waals surface area (Å²) in [6.07, 6.45) is -4.59. The van der Waals surface area contributed by atoms with Crippen LogP contribution in [0, 0.1) is 0 Å². The second-order valence-corrected chi connectivity index (χ2v) is 6.09. The van der Waals surface area contributed by atoms with Crippen LogP contribution in [0.5, 0.6) is 5.88 Å². The number of alkyl halides is 3. The molecule has 0 bridgehead atoms. The quantitative estimate of drug-likeness (QED) is 0.536. The molecule has 5 nitrogen and oxygen atoms in total. The number of hydrogen-bond acceptors (Lipinski definition) is 3. The number of ether oxygens (including phenoxy) is 1. The molecule has 3 aromatic heterocycles. The predicted molar refractivity (Wildman–Crippen MR) is 94.9 cm³/mol. The SMILES string of the molecule is COc1ccc(-c2cc(=O)n(C)c3ccccc23)c2cc(C(F)(F)F)nn12. The molecule has 4 rings (SSSR count). The zero-order valence-corrected chi connectivity index (χ0v) is 14.4. The first-order valence-electron chi connectivity index (χ1n) is 8.04. The van der Waals surface area contributed by atoms with Crippen molar-refractivity contribution in [1.82, 2.24) is 14.2 Å². The molecule has 0 aliphatic heterocycles. The largest absolute Gasteiger partial charge is 0.481 e. The van der Waals surface area contributed by atoms with E-state index >= 15 is 0 Å². The maximum atomic E-state index is 13.2. The molecule has 0 spiro atoms. The molecule has 0 N–H and O–H groups in total. The minimum atomic E-state index is -4.59. The van der Waals surface area contributed by atoms with Crippen LogP contribution in [0.4, 0.5) is 13.2 Å². The summed E-state index contributed by atoms with van der Waals surface area (Å²) >= 11 is 0. The van der Waals surface area contributed by atoms with Crippen LogP contribution in [0.15, 0.2) is 53.3 Å². The van der Waals surface area contributed by atoms with Gasteiger partial charge in [-0.25, -0.2) is 0 Å². The Kier molecular flexibility index (Phi) is 3.73. The molecule has 0 atom stereocenters. The fraction of sp³-hybridized carbons (Fsp3) is 0.158. The number of fused-ring (bicyclic) bond motifs is 2. The number of benzene rings is 1. The summed E-state index contributed by atoms with van der Waals surface area (Å²) in [6.45, 7) is 0. The van der Waals surface area contributed by atoms with Crippen molar-refractivity contribution in [3.63, 3.8) is 0 Å². The second kappa shape index (κ2) is 5.87. The van der Waals surface area contributed by atoms with Crippen molar-refractivity contribution in [2.75, 3.05) is 7.11 Å². The Balaban J connectivity index is 2.12. The predicted octanol–water partition coefficient (Wildman–Crippen LogP) is 3.88. The highest BCUT2D eigenvalue weighted by Gasteiger charge is 2.35. The van der Waals surface area contributed by atoms with E-state index in [-0.39, 0.29) is 17.0 Å². The lowest BCUT2D eigenvalue weighted by atomic mass is 10.0. The zero-order valence-electron chi connectivity index (χ0n) is 14.4. The highest BCUT2D eigenvalue weighted by atomic mass is 19.4. The molecule has 8 heteroatoms. The van der Waals surface area contributed by atoms with Crippen molar-refractivity contribution >= 4 is 16.4 Å². The van der Waals surface area contributed by atoms with Gasteiger partial charge < -0.3 is 9.30 Å². The Morgan fingerprint density at radius 1 is 1.00 bits per heavy atom. The summed E-state index contributed by atoms with van der Waals surface area (Å²) in [4.78, 5) is 12.4. The number of aromatic nitrogens is 3. The molecule has 4 aromatic rings. The number of nitrogens with zero attached hydrogens (tertiary/aromatic N) is 3. The van der Waals surface area contributed by atoms with E-state index in [0.29, 0.717) is 16.6 Å². The summed E-state index contributed by atoms with van der Waals surface area (Å²) in [5, 5.41) is 4.40. The Bertz CT molecular complexity index is 1240. The summed E-state index contributed by atoms with van der Waals surface area (Å²) in [5.74, 6) is 0.164. The van der Waals surface area contributed by atoms with Gasteiger partial charge in [-0.15, -0.1) is 0 Å². The molecule has 0 aliphatic rings. The van der Waals surface area contributed by atoms with Gasteiger partial charge in [0.1, 0.15) is 0 Å². The molecule has 0 fully saturated rings. The average Bonchev–Trinajstić information content (AvgIpc) is 3.10. The molecule has 1 aromatic carbocycles. The van der Waals surface area contributed by atoms with E-state index in [9.17, 15) is 18.0 Å².